The lowest BCUT2D eigenvalue weighted by Crippen LogP contribution is -2.23. The first-order valence-electron chi connectivity index (χ1n) is 5.78. The molecule has 2 aromatic carbocycles. The normalized spacial score (nSPS) is 10.5. The molecule has 0 saturated carbocycles. The fraction of sp³-hybridized carbons (Fsp3) is 0.0714. The predicted molar refractivity (Wildman–Crippen MR) is 101 cm³/mol. The van der Waals surface area contributed by atoms with E-state index in [0.717, 1.165) is 9.13 Å². The summed E-state index contributed by atoms with van der Waals surface area (Å²) < 4.78 is 1.52. The predicted octanol–water partition coefficient (Wildman–Crippen LogP) is 4.84. The fourth-order valence-electron chi connectivity index (χ4n) is 1.67. The van der Waals surface area contributed by atoms with Crippen LogP contribution in [0.4, 0.5) is 0 Å². The van der Waals surface area contributed by atoms with E-state index in [1.165, 1.54) is 0 Å². The summed E-state index contributed by atoms with van der Waals surface area (Å²) in [7, 11) is 0. The van der Waals surface area contributed by atoms with E-state index in [1.54, 1.807) is 30.3 Å². The van der Waals surface area contributed by atoms with Crippen molar-refractivity contribution < 1.29 is 9.90 Å². The quantitative estimate of drug-likeness (QED) is 0.541. The smallest absolute Gasteiger partial charge is 0.255 e. The van der Waals surface area contributed by atoms with Gasteiger partial charge in [-0.2, -0.15) is 0 Å². The number of benzene rings is 2. The minimum atomic E-state index is -0.338. The number of rotatable bonds is 3. The number of carbonyl (C=O) groups is 1. The number of carbonyl (C=O) groups excluding carboxylic acids is 1. The number of aromatic hydroxyl groups is 1. The summed E-state index contributed by atoms with van der Waals surface area (Å²) >= 11 is 15.9. The topological polar surface area (TPSA) is 49.3 Å². The number of hydrogen-bond donors (Lipinski definition) is 2. The molecule has 0 saturated heterocycles. The van der Waals surface area contributed by atoms with Crippen LogP contribution < -0.4 is 5.32 Å². The molecule has 1 amide bonds. The molecule has 0 heterocycles. The third-order valence-corrected chi connectivity index (χ3v) is 4.89. The summed E-state index contributed by atoms with van der Waals surface area (Å²) in [4.78, 5) is 12.2. The standard InChI is InChI=1S/C14H9Cl2I2NO2/c15-10-2-1-7(3-11(10)16)6-19-14(21)9-4-8(17)5-12(18)13(9)20/h1-5,20H,6H2,(H,19,21). The van der Waals surface area contributed by atoms with Crippen molar-refractivity contribution in [3.05, 3.63) is 58.6 Å². The van der Waals surface area contributed by atoms with E-state index < -0.39 is 0 Å². The van der Waals surface area contributed by atoms with Gasteiger partial charge < -0.3 is 10.4 Å². The molecule has 0 spiro atoms. The van der Waals surface area contributed by atoms with Crippen molar-refractivity contribution in [3.8, 4) is 5.75 Å². The van der Waals surface area contributed by atoms with E-state index in [0.29, 0.717) is 20.2 Å². The molecule has 2 aromatic rings. The van der Waals surface area contributed by atoms with Gasteiger partial charge in [0.2, 0.25) is 0 Å². The summed E-state index contributed by atoms with van der Waals surface area (Å²) in [5.41, 5.74) is 1.09. The molecule has 0 fully saturated rings. The molecule has 2 rings (SSSR count). The Kier molecular flexibility index (Phi) is 5.98. The van der Waals surface area contributed by atoms with E-state index in [4.69, 9.17) is 23.2 Å². The van der Waals surface area contributed by atoms with Crippen LogP contribution in [0.2, 0.25) is 10.0 Å². The highest BCUT2D eigenvalue weighted by Crippen LogP contribution is 2.27. The van der Waals surface area contributed by atoms with Crippen molar-refractivity contribution in [3.63, 3.8) is 0 Å². The van der Waals surface area contributed by atoms with Gasteiger partial charge in [-0.05, 0) is 75.0 Å². The van der Waals surface area contributed by atoms with E-state index in [1.807, 2.05) is 22.6 Å². The molecule has 0 aliphatic heterocycles. The van der Waals surface area contributed by atoms with Crippen LogP contribution in [0.5, 0.6) is 5.75 Å². The first-order chi connectivity index (χ1) is 9.88. The second-order valence-corrected chi connectivity index (χ2v) is 7.44. The summed E-state index contributed by atoms with van der Waals surface area (Å²) in [6.45, 7) is 0.303. The summed E-state index contributed by atoms with van der Waals surface area (Å²) in [6.07, 6.45) is 0. The summed E-state index contributed by atoms with van der Waals surface area (Å²) in [6, 6.07) is 8.60. The SMILES string of the molecule is O=C(NCc1ccc(Cl)c(Cl)c1)c1cc(I)cc(I)c1O. The van der Waals surface area contributed by atoms with Crippen molar-refractivity contribution in [1.29, 1.82) is 0 Å². The number of amides is 1. The lowest BCUT2D eigenvalue weighted by Gasteiger charge is -2.09. The lowest BCUT2D eigenvalue weighted by atomic mass is 10.1. The number of nitrogens with one attached hydrogen (secondary N) is 1. The van der Waals surface area contributed by atoms with Crippen molar-refractivity contribution in [2.45, 2.75) is 6.54 Å². The Morgan fingerprint density at radius 3 is 2.52 bits per heavy atom. The Bertz CT molecular complexity index is 708. The van der Waals surface area contributed by atoms with Gasteiger partial charge >= 0.3 is 0 Å². The Balaban J connectivity index is 2.13. The zero-order chi connectivity index (χ0) is 15.6. The van der Waals surface area contributed by atoms with Crippen LogP contribution in [0.25, 0.3) is 0 Å². The van der Waals surface area contributed by atoms with E-state index in [9.17, 15) is 9.90 Å². The van der Waals surface area contributed by atoms with Crippen LogP contribution in [-0.4, -0.2) is 11.0 Å². The highest BCUT2D eigenvalue weighted by atomic mass is 127. The van der Waals surface area contributed by atoms with Crippen LogP contribution in [0.3, 0.4) is 0 Å². The number of phenolic OH excluding ortho intramolecular Hbond substituents is 1. The Morgan fingerprint density at radius 2 is 1.86 bits per heavy atom. The average Bonchev–Trinajstić information content (AvgIpc) is 2.43. The molecule has 0 bridgehead atoms. The van der Waals surface area contributed by atoms with Crippen LogP contribution in [0.1, 0.15) is 15.9 Å². The maximum atomic E-state index is 12.2. The van der Waals surface area contributed by atoms with Crippen LogP contribution in [0.15, 0.2) is 30.3 Å². The molecule has 3 nitrogen and oxygen atoms in total. The summed E-state index contributed by atoms with van der Waals surface area (Å²) in [5.74, 6) is -0.349. The van der Waals surface area contributed by atoms with Gasteiger partial charge in [0.25, 0.3) is 5.91 Å². The number of phenols is 1. The molecule has 0 aliphatic rings. The average molecular weight is 548 g/mol. The van der Waals surface area contributed by atoms with Gasteiger partial charge in [-0.15, -0.1) is 0 Å². The number of hydrogen-bond acceptors (Lipinski definition) is 2. The lowest BCUT2D eigenvalue weighted by molar-refractivity contribution is 0.0948. The van der Waals surface area contributed by atoms with E-state index in [-0.39, 0.29) is 17.2 Å². The molecule has 7 heteroatoms. The highest BCUT2D eigenvalue weighted by Gasteiger charge is 2.14. The Hall–Kier alpha value is -0.250. The zero-order valence-corrected chi connectivity index (χ0v) is 16.3. The molecule has 0 radical (unpaired) electrons. The molecule has 21 heavy (non-hydrogen) atoms. The van der Waals surface area contributed by atoms with Crippen LogP contribution in [0, 0.1) is 7.14 Å². The minimum Gasteiger partial charge on any atom is -0.506 e. The van der Waals surface area contributed by atoms with Gasteiger partial charge in [0.1, 0.15) is 5.75 Å². The van der Waals surface area contributed by atoms with E-state index >= 15 is 0 Å². The third-order valence-electron chi connectivity index (χ3n) is 2.71. The first-order valence-corrected chi connectivity index (χ1v) is 8.70. The molecular weight excluding hydrogens is 539 g/mol. The van der Waals surface area contributed by atoms with E-state index in [2.05, 4.69) is 27.9 Å². The van der Waals surface area contributed by atoms with Gasteiger partial charge in [-0.25, -0.2) is 0 Å². The van der Waals surface area contributed by atoms with Gasteiger partial charge in [0.05, 0.1) is 19.2 Å². The first kappa shape index (κ1) is 17.1. The largest absolute Gasteiger partial charge is 0.506 e. The highest BCUT2D eigenvalue weighted by molar-refractivity contribution is 14.1. The van der Waals surface area contributed by atoms with Crippen molar-refractivity contribution >= 4 is 74.3 Å². The van der Waals surface area contributed by atoms with Crippen LogP contribution in [-0.2, 0) is 6.54 Å². The second-order valence-electron chi connectivity index (χ2n) is 4.21. The zero-order valence-electron chi connectivity index (χ0n) is 10.5. The second kappa shape index (κ2) is 7.34. The molecule has 0 unspecified atom stereocenters. The number of halogens is 4. The maximum Gasteiger partial charge on any atom is 0.255 e. The monoisotopic (exact) mass is 547 g/mol. The molecule has 2 N–H and O–H groups in total. The van der Waals surface area contributed by atoms with Crippen LogP contribution >= 0.6 is 68.4 Å². The van der Waals surface area contributed by atoms with Gasteiger partial charge in [0, 0.05) is 10.1 Å². The van der Waals surface area contributed by atoms with Crippen molar-refractivity contribution in [1.82, 2.24) is 5.32 Å². The fourth-order valence-corrected chi connectivity index (χ4v) is 3.83. The molecular formula is C14H9Cl2I2NO2. The molecule has 110 valence electrons. The maximum absolute atomic E-state index is 12.2. The Morgan fingerprint density at radius 1 is 1.14 bits per heavy atom. The molecule has 0 atom stereocenters. The van der Waals surface area contributed by atoms with Gasteiger partial charge in [-0.3, -0.25) is 4.79 Å². The molecule has 0 aliphatic carbocycles. The van der Waals surface area contributed by atoms with Gasteiger partial charge in [0.15, 0.2) is 0 Å². The van der Waals surface area contributed by atoms with Crippen molar-refractivity contribution in [2.75, 3.05) is 0 Å². The minimum absolute atomic E-state index is 0.0114. The summed E-state index contributed by atoms with van der Waals surface area (Å²) in [5, 5.41) is 13.6. The van der Waals surface area contributed by atoms with Crippen molar-refractivity contribution in [2.24, 2.45) is 0 Å². The third kappa shape index (κ3) is 4.37. The van der Waals surface area contributed by atoms with Gasteiger partial charge in [-0.1, -0.05) is 29.3 Å². The Labute approximate surface area is 159 Å². The molecule has 0 aromatic heterocycles.